The van der Waals surface area contributed by atoms with Gasteiger partial charge in [0.25, 0.3) is 5.91 Å². The molecule has 0 spiro atoms. The van der Waals surface area contributed by atoms with Crippen molar-refractivity contribution in [3.63, 3.8) is 0 Å². The fraction of sp³-hybridized carbons (Fsp3) is 0.280. The summed E-state index contributed by atoms with van der Waals surface area (Å²) in [4.78, 5) is 35.4. The second kappa shape index (κ2) is 9.26. The number of aromatic nitrogens is 2. The van der Waals surface area contributed by atoms with Gasteiger partial charge in [-0.25, -0.2) is 9.48 Å². The highest BCUT2D eigenvalue weighted by Crippen LogP contribution is 2.42. The molecule has 0 bridgehead atoms. The summed E-state index contributed by atoms with van der Waals surface area (Å²) in [6.07, 6.45) is -4.67. The van der Waals surface area contributed by atoms with Crippen molar-refractivity contribution < 1.29 is 37.4 Å². The van der Waals surface area contributed by atoms with Crippen molar-refractivity contribution in [1.82, 2.24) is 9.78 Å². The Labute approximate surface area is 209 Å². The Kier molecular flexibility index (Phi) is 6.44. The summed E-state index contributed by atoms with van der Waals surface area (Å²) in [5.74, 6) is -2.23. The number of fused-ring (bicyclic) bond motifs is 1. The number of ether oxygens (including phenoxy) is 1. The van der Waals surface area contributed by atoms with Gasteiger partial charge in [0.15, 0.2) is 18.1 Å². The minimum atomic E-state index is -4.83. The number of ketones is 1. The molecule has 0 aliphatic heterocycles. The molecular weight excluding hydrogens is 493 g/mol. The van der Waals surface area contributed by atoms with Gasteiger partial charge in [-0.3, -0.25) is 9.59 Å². The molecule has 9 nitrogen and oxygen atoms in total. The highest BCUT2D eigenvalue weighted by Gasteiger charge is 2.45. The third kappa shape index (κ3) is 5.42. The normalized spacial score (nSPS) is 14.7. The molecule has 194 valence electrons. The van der Waals surface area contributed by atoms with E-state index in [0.717, 1.165) is 4.68 Å². The molecule has 1 heterocycles. The first-order chi connectivity index (χ1) is 17.2. The number of carboxylic acid groups (broad SMARTS) is 1. The average molecular weight is 516 g/mol. The first-order valence-corrected chi connectivity index (χ1v) is 11.1. The minimum absolute atomic E-state index is 0.0334. The van der Waals surface area contributed by atoms with Crippen LogP contribution in [0.2, 0.25) is 0 Å². The Morgan fingerprint density at radius 3 is 2.43 bits per heavy atom. The number of carboxylic acids is 1. The van der Waals surface area contributed by atoms with E-state index in [2.05, 4.69) is 10.4 Å². The Bertz CT molecular complexity index is 1390. The zero-order valence-corrected chi connectivity index (χ0v) is 19.8. The molecule has 1 amide bonds. The third-order valence-electron chi connectivity index (χ3n) is 5.82. The molecule has 0 atom stereocenters. The molecule has 12 heteroatoms. The van der Waals surface area contributed by atoms with Gasteiger partial charge in [-0.2, -0.15) is 18.3 Å². The van der Waals surface area contributed by atoms with Crippen LogP contribution in [0, 0.1) is 5.41 Å². The Morgan fingerprint density at radius 1 is 1.16 bits per heavy atom. The van der Waals surface area contributed by atoms with Gasteiger partial charge in [0, 0.05) is 12.1 Å². The zero-order valence-electron chi connectivity index (χ0n) is 19.8. The fourth-order valence-corrected chi connectivity index (χ4v) is 4.28. The molecule has 0 saturated carbocycles. The molecule has 1 aliphatic carbocycles. The smallest absolute Gasteiger partial charge is 0.435 e. The highest BCUT2D eigenvalue weighted by atomic mass is 19.4. The summed E-state index contributed by atoms with van der Waals surface area (Å²) < 4.78 is 47.6. The molecule has 1 aliphatic rings. The van der Waals surface area contributed by atoms with Crippen molar-refractivity contribution in [1.29, 1.82) is 0 Å². The van der Waals surface area contributed by atoms with E-state index in [1.54, 1.807) is 26.0 Å². The summed E-state index contributed by atoms with van der Waals surface area (Å²) >= 11 is 0. The summed E-state index contributed by atoms with van der Waals surface area (Å²) in [7, 11) is 0. The Hall–Kier alpha value is -4.35. The molecule has 1 aromatic heterocycles. The second-order valence-electron chi connectivity index (χ2n) is 9.45. The van der Waals surface area contributed by atoms with Gasteiger partial charge in [-0.1, -0.05) is 13.8 Å². The SMILES string of the molecule is CC1(C)CC(=O)c2c(C(F)(F)F)nn(-c3ccc(C(N)=O)c(Nc4ccc(OCC(=O)O)cc4)c3)c2C1. The van der Waals surface area contributed by atoms with Crippen molar-refractivity contribution in [2.75, 3.05) is 11.9 Å². The number of alkyl halides is 3. The standard InChI is InChI=1S/C25H23F3N4O5/c1-24(2)10-18-21(19(33)11-24)22(25(26,27)28)31-32(18)14-5-8-16(23(29)36)17(9-14)30-13-3-6-15(7-4-13)37-12-20(34)35/h3-9,30H,10-12H2,1-2H3,(H2,29,36)(H,34,35). The predicted molar refractivity (Wildman–Crippen MR) is 126 cm³/mol. The molecule has 3 aromatic rings. The first-order valence-electron chi connectivity index (χ1n) is 11.1. The molecule has 0 unspecified atom stereocenters. The van der Waals surface area contributed by atoms with Crippen molar-refractivity contribution in [2.45, 2.75) is 32.9 Å². The zero-order chi connectivity index (χ0) is 27.1. The number of halogens is 3. The van der Waals surface area contributed by atoms with Gasteiger partial charge in [0.05, 0.1) is 28.2 Å². The number of nitrogens with two attached hydrogens (primary N) is 1. The number of nitrogens with zero attached hydrogens (tertiary/aromatic N) is 2. The van der Waals surface area contributed by atoms with E-state index in [4.69, 9.17) is 15.6 Å². The number of carbonyl (C=O) groups excluding carboxylic acids is 2. The number of Topliss-reactive ketones (excluding diaryl/α,β-unsaturated/α-hetero) is 1. The summed E-state index contributed by atoms with van der Waals surface area (Å²) in [5, 5.41) is 15.5. The number of hydrogen-bond acceptors (Lipinski definition) is 6. The van der Waals surface area contributed by atoms with Gasteiger partial charge < -0.3 is 20.9 Å². The van der Waals surface area contributed by atoms with Crippen molar-refractivity contribution in [3.8, 4) is 11.4 Å². The van der Waals surface area contributed by atoms with Gasteiger partial charge in [0.2, 0.25) is 0 Å². The quantitative estimate of drug-likeness (QED) is 0.425. The Balaban J connectivity index is 1.76. The summed E-state index contributed by atoms with van der Waals surface area (Å²) in [6, 6.07) is 10.3. The number of rotatable bonds is 7. The van der Waals surface area contributed by atoms with E-state index in [-0.39, 0.29) is 35.5 Å². The molecule has 37 heavy (non-hydrogen) atoms. The maximum atomic E-state index is 13.8. The van der Waals surface area contributed by atoms with E-state index < -0.39 is 47.1 Å². The average Bonchev–Trinajstić information content (AvgIpc) is 3.17. The lowest BCUT2D eigenvalue weighted by Crippen LogP contribution is -2.29. The molecule has 4 rings (SSSR count). The van der Waals surface area contributed by atoms with Crippen molar-refractivity contribution >= 4 is 29.0 Å². The van der Waals surface area contributed by atoms with Crippen molar-refractivity contribution in [2.24, 2.45) is 11.1 Å². The minimum Gasteiger partial charge on any atom is -0.482 e. The third-order valence-corrected chi connectivity index (χ3v) is 5.82. The van der Waals surface area contributed by atoms with E-state index >= 15 is 0 Å². The molecule has 0 saturated heterocycles. The van der Waals surface area contributed by atoms with Crippen LogP contribution in [0.5, 0.6) is 5.75 Å². The number of hydrogen-bond donors (Lipinski definition) is 3. The Morgan fingerprint density at radius 2 is 1.84 bits per heavy atom. The summed E-state index contributed by atoms with van der Waals surface area (Å²) in [6.45, 7) is 3.07. The topological polar surface area (TPSA) is 137 Å². The lowest BCUT2D eigenvalue weighted by Gasteiger charge is -2.29. The molecule has 0 fully saturated rings. The van der Waals surface area contributed by atoms with Crippen LogP contribution in [-0.2, 0) is 17.4 Å². The number of primary amides is 1. The van der Waals surface area contributed by atoms with Crippen molar-refractivity contribution in [3.05, 3.63) is 65.0 Å². The first kappa shape index (κ1) is 25.7. The second-order valence-corrected chi connectivity index (χ2v) is 9.45. The maximum Gasteiger partial charge on any atom is 0.435 e. The van der Waals surface area contributed by atoms with Crippen LogP contribution in [0.1, 0.15) is 52.4 Å². The van der Waals surface area contributed by atoms with Crippen LogP contribution in [0.3, 0.4) is 0 Å². The monoisotopic (exact) mass is 516 g/mol. The van der Waals surface area contributed by atoms with E-state index in [1.807, 2.05) is 0 Å². The summed E-state index contributed by atoms with van der Waals surface area (Å²) in [5.41, 5.74) is 4.35. The number of nitrogens with one attached hydrogen (secondary N) is 1. The van der Waals surface area contributed by atoms with Crippen LogP contribution in [0.4, 0.5) is 24.5 Å². The number of amides is 1. The van der Waals surface area contributed by atoms with Crippen LogP contribution in [-0.4, -0.2) is 39.2 Å². The van der Waals surface area contributed by atoms with Gasteiger partial charge in [-0.05, 0) is 54.3 Å². The lowest BCUT2D eigenvalue weighted by atomic mass is 9.75. The number of anilines is 2. The van der Waals surface area contributed by atoms with Crippen LogP contribution in [0.25, 0.3) is 5.69 Å². The van der Waals surface area contributed by atoms with Gasteiger partial charge in [0.1, 0.15) is 5.75 Å². The number of benzene rings is 2. The number of aliphatic carboxylic acids is 1. The molecule has 2 aromatic carbocycles. The number of carbonyl (C=O) groups is 3. The largest absolute Gasteiger partial charge is 0.482 e. The van der Waals surface area contributed by atoms with Gasteiger partial charge >= 0.3 is 12.1 Å². The highest BCUT2D eigenvalue weighted by molar-refractivity contribution is 6.01. The maximum absolute atomic E-state index is 13.8. The van der Waals surface area contributed by atoms with Gasteiger partial charge in [-0.15, -0.1) is 0 Å². The molecule has 4 N–H and O–H groups in total. The van der Waals surface area contributed by atoms with Crippen LogP contribution >= 0.6 is 0 Å². The van der Waals surface area contributed by atoms with Crippen LogP contribution in [0.15, 0.2) is 42.5 Å². The van der Waals surface area contributed by atoms with E-state index in [9.17, 15) is 27.6 Å². The van der Waals surface area contributed by atoms with E-state index in [0.29, 0.717) is 11.4 Å². The molecular formula is C25H23F3N4O5. The predicted octanol–water partition coefficient (Wildman–Crippen LogP) is 4.35. The molecule has 0 radical (unpaired) electrons. The van der Waals surface area contributed by atoms with Crippen LogP contribution < -0.4 is 15.8 Å². The fourth-order valence-electron chi connectivity index (χ4n) is 4.28. The van der Waals surface area contributed by atoms with E-state index in [1.165, 1.54) is 30.3 Å². The lowest BCUT2D eigenvalue weighted by molar-refractivity contribution is -0.142.